The molecule has 0 atom stereocenters. The second-order valence-corrected chi connectivity index (χ2v) is 6.86. The van der Waals surface area contributed by atoms with Crippen LogP contribution in [0.15, 0.2) is 0 Å². The Labute approximate surface area is 112 Å². The molecule has 2 fully saturated rings. The lowest BCUT2D eigenvalue weighted by Gasteiger charge is -2.40. The highest BCUT2D eigenvalue weighted by Crippen LogP contribution is 2.32. The van der Waals surface area contributed by atoms with Crippen LogP contribution in [0.5, 0.6) is 0 Å². The van der Waals surface area contributed by atoms with E-state index in [-0.39, 0.29) is 0 Å². The highest BCUT2D eigenvalue weighted by Gasteiger charge is 2.35. The fourth-order valence-corrected chi connectivity index (χ4v) is 3.10. The Bertz CT molecular complexity index is 245. The van der Waals surface area contributed by atoms with Gasteiger partial charge in [-0.1, -0.05) is 13.8 Å². The molecule has 1 N–H and O–H groups in total. The van der Waals surface area contributed by atoms with Gasteiger partial charge < -0.3 is 15.0 Å². The van der Waals surface area contributed by atoms with Crippen LogP contribution in [0.3, 0.4) is 0 Å². The Balaban J connectivity index is 1.85. The minimum absolute atomic E-state index is 0.449. The van der Waals surface area contributed by atoms with Gasteiger partial charge in [0.1, 0.15) is 0 Å². The van der Waals surface area contributed by atoms with Crippen LogP contribution in [-0.2, 0) is 4.74 Å². The summed E-state index contributed by atoms with van der Waals surface area (Å²) in [5, 5.41) is 3.74. The van der Waals surface area contributed by atoms with E-state index in [2.05, 4.69) is 31.1 Å². The number of hydrogen-bond acceptors (Lipinski definition) is 3. The normalized spacial score (nSPS) is 23.8. The first-order chi connectivity index (χ1) is 8.60. The third kappa shape index (κ3) is 4.52. The van der Waals surface area contributed by atoms with E-state index in [0.717, 1.165) is 25.2 Å². The summed E-state index contributed by atoms with van der Waals surface area (Å²) in [7, 11) is 2.27. The van der Waals surface area contributed by atoms with Crippen molar-refractivity contribution < 1.29 is 4.74 Å². The summed E-state index contributed by atoms with van der Waals surface area (Å²) in [6, 6.07) is 0.820. The van der Waals surface area contributed by atoms with Crippen molar-refractivity contribution in [1.82, 2.24) is 10.2 Å². The fraction of sp³-hybridized carbons (Fsp3) is 1.00. The maximum absolute atomic E-state index is 5.56. The number of nitrogens with one attached hydrogen (secondary N) is 1. The maximum Gasteiger partial charge on any atom is 0.0472 e. The van der Waals surface area contributed by atoms with Gasteiger partial charge in [0.25, 0.3) is 0 Å². The fourth-order valence-electron chi connectivity index (χ4n) is 3.10. The van der Waals surface area contributed by atoms with E-state index in [4.69, 9.17) is 4.74 Å². The van der Waals surface area contributed by atoms with Crippen LogP contribution < -0.4 is 5.32 Å². The number of ether oxygens (including phenoxy) is 1. The van der Waals surface area contributed by atoms with Gasteiger partial charge in [-0.3, -0.25) is 0 Å². The molecule has 0 unspecified atom stereocenters. The highest BCUT2D eigenvalue weighted by atomic mass is 16.5. The van der Waals surface area contributed by atoms with Crippen molar-refractivity contribution in [3.8, 4) is 0 Å². The molecular formula is C15H30N2O. The van der Waals surface area contributed by atoms with E-state index in [1.54, 1.807) is 0 Å². The molecule has 0 amide bonds. The molecule has 18 heavy (non-hydrogen) atoms. The largest absolute Gasteiger partial charge is 0.381 e. The summed E-state index contributed by atoms with van der Waals surface area (Å²) in [6.45, 7) is 10.1. The second kappa shape index (κ2) is 6.36. The van der Waals surface area contributed by atoms with Crippen molar-refractivity contribution in [3.63, 3.8) is 0 Å². The monoisotopic (exact) mass is 254 g/mol. The molecule has 106 valence electrons. The number of hydrogen-bond donors (Lipinski definition) is 1. The first-order valence-corrected chi connectivity index (χ1v) is 7.59. The van der Waals surface area contributed by atoms with Crippen LogP contribution in [0.4, 0.5) is 0 Å². The minimum atomic E-state index is 0.449. The number of rotatable bonds is 7. The molecule has 1 saturated heterocycles. The third-order valence-electron chi connectivity index (χ3n) is 4.18. The van der Waals surface area contributed by atoms with E-state index in [1.807, 2.05) is 0 Å². The van der Waals surface area contributed by atoms with Crippen molar-refractivity contribution >= 4 is 0 Å². The Hall–Kier alpha value is -0.120. The van der Waals surface area contributed by atoms with E-state index >= 15 is 0 Å². The Morgan fingerprint density at radius 2 is 1.94 bits per heavy atom. The quantitative estimate of drug-likeness (QED) is 0.753. The van der Waals surface area contributed by atoms with Gasteiger partial charge in [0.15, 0.2) is 0 Å². The first kappa shape index (κ1) is 14.3. The van der Waals surface area contributed by atoms with Crippen molar-refractivity contribution in [2.75, 3.05) is 39.9 Å². The van der Waals surface area contributed by atoms with Crippen molar-refractivity contribution in [2.45, 2.75) is 45.6 Å². The van der Waals surface area contributed by atoms with Crippen LogP contribution in [0.2, 0.25) is 0 Å². The van der Waals surface area contributed by atoms with Gasteiger partial charge in [0.2, 0.25) is 0 Å². The Morgan fingerprint density at radius 1 is 1.28 bits per heavy atom. The summed E-state index contributed by atoms with van der Waals surface area (Å²) >= 11 is 0. The molecule has 3 nitrogen and oxygen atoms in total. The van der Waals surface area contributed by atoms with Crippen LogP contribution in [0, 0.1) is 11.3 Å². The smallest absolute Gasteiger partial charge is 0.0472 e. The molecular weight excluding hydrogens is 224 g/mol. The molecule has 1 aliphatic carbocycles. The zero-order valence-corrected chi connectivity index (χ0v) is 12.4. The van der Waals surface area contributed by atoms with Crippen LogP contribution in [-0.4, -0.2) is 50.8 Å². The highest BCUT2D eigenvalue weighted by molar-refractivity contribution is 4.90. The molecule has 1 saturated carbocycles. The second-order valence-electron chi connectivity index (χ2n) is 6.86. The van der Waals surface area contributed by atoms with Gasteiger partial charge in [0, 0.05) is 38.9 Å². The average molecular weight is 254 g/mol. The zero-order valence-electron chi connectivity index (χ0n) is 12.4. The van der Waals surface area contributed by atoms with E-state index < -0.39 is 0 Å². The average Bonchev–Trinajstić information content (AvgIpc) is 3.10. The van der Waals surface area contributed by atoms with Gasteiger partial charge >= 0.3 is 0 Å². The van der Waals surface area contributed by atoms with Gasteiger partial charge in [-0.25, -0.2) is 0 Å². The Kier molecular flexibility index (Phi) is 5.05. The molecule has 0 spiro atoms. The summed E-state index contributed by atoms with van der Waals surface area (Å²) in [4.78, 5) is 2.52. The summed E-state index contributed by atoms with van der Waals surface area (Å²) in [6.07, 6.45) is 5.20. The molecule has 0 bridgehead atoms. The summed E-state index contributed by atoms with van der Waals surface area (Å²) in [5.74, 6) is 0.753. The maximum atomic E-state index is 5.56. The van der Waals surface area contributed by atoms with Crippen molar-refractivity contribution in [2.24, 2.45) is 11.3 Å². The minimum Gasteiger partial charge on any atom is -0.381 e. The Morgan fingerprint density at radius 3 is 2.50 bits per heavy atom. The van der Waals surface area contributed by atoms with Crippen LogP contribution in [0.25, 0.3) is 0 Å². The zero-order chi connectivity index (χ0) is 13.0. The third-order valence-corrected chi connectivity index (χ3v) is 4.18. The van der Waals surface area contributed by atoms with Crippen LogP contribution >= 0.6 is 0 Å². The van der Waals surface area contributed by atoms with E-state index in [1.165, 1.54) is 45.3 Å². The molecule has 0 aromatic carbocycles. The lowest BCUT2D eigenvalue weighted by molar-refractivity contribution is -0.00204. The summed E-state index contributed by atoms with van der Waals surface area (Å²) in [5.41, 5.74) is 0.449. The molecule has 1 aliphatic heterocycles. The SMILES string of the molecule is CC(C)CN(C)CC1(CNC2CC2)CCOCC1. The van der Waals surface area contributed by atoms with Crippen molar-refractivity contribution in [1.29, 1.82) is 0 Å². The van der Waals surface area contributed by atoms with E-state index in [0.29, 0.717) is 5.41 Å². The van der Waals surface area contributed by atoms with Crippen molar-refractivity contribution in [3.05, 3.63) is 0 Å². The molecule has 2 aliphatic rings. The molecule has 3 heteroatoms. The number of nitrogens with zero attached hydrogens (tertiary/aromatic N) is 1. The lowest BCUT2D eigenvalue weighted by atomic mass is 9.79. The van der Waals surface area contributed by atoms with Gasteiger partial charge in [-0.2, -0.15) is 0 Å². The molecule has 2 rings (SSSR count). The topological polar surface area (TPSA) is 24.5 Å². The van der Waals surface area contributed by atoms with Gasteiger partial charge in [-0.05, 0) is 44.1 Å². The molecule has 0 radical (unpaired) electrons. The lowest BCUT2D eigenvalue weighted by Crippen LogP contribution is -2.47. The predicted octanol–water partition coefficient (Wildman–Crippen LogP) is 2.12. The molecule has 1 heterocycles. The van der Waals surface area contributed by atoms with E-state index in [9.17, 15) is 0 Å². The summed E-state index contributed by atoms with van der Waals surface area (Å²) < 4.78 is 5.56. The first-order valence-electron chi connectivity index (χ1n) is 7.59. The predicted molar refractivity (Wildman–Crippen MR) is 75.8 cm³/mol. The standard InChI is InChI=1S/C15H30N2O/c1-13(2)10-17(3)12-15(6-8-18-9-7-15)11-16-14-4-5-14/h13-14,16H,4-12H2,1-3H3. The molecule has 0 aromatic rings. The van der Waals surface area contributed by atoms with Gasteiger partial charge in [-0.15, -0.1) is 0 Å². The van der Waals surface area contributed by atoms with Gasteiger partial charge in [0.05, 0.1) is 0 Å². The van der Waals surface area contributed by atoms with Crippen LogP contribution in [0.1, 0.15) is 39.5 Å². The molecule has 0 aromatic heterocycles.